The van der Waals surface area contributed by atoms with E-state index in [1.807, 2.05) is 0 Å². The lowest BCUT2D eigenvalue weighted by Crippen LogP contribution is -2.22. The van der Waals surface area contributed by atoms with Crippen molar-refractivity contribution in [2.75, 3.05) is 32.2 Å². The van der Waals surface area contributed by atoms with E-state index in [0.717, 1.165) is 19.6 Å². The Hall–Kier alpha value is -1.06. The molecule has 0 saturated carbocycles. The highest BCUT2D eigenvalue weighted by atomic mass is 16.5. The first-order chi connectivity index (χ1) is 7.69. The van der Waals surface area contributed by atoms with E-state index in [1.54, 1.807) is 7.11 Å². The second-order valence-electron chi connectivity index (χ2n) is 4.02. The molecule has 0 aliphatic rings. The number of nitrogens with zero attached hydrogens (tertiary/aromatic N) is 1. The summed E-state index contributed by atoms with van der Waals surface area (Å²) in [6.45, 7) is 3.74. The molecule has 0 bridgehead atoms. The van der Waals surface area contributed by atoms with E-state index in [9.17, 15) is 0 Å². The average molecular weight is 222 g/mol. The topological polar surface area (TPSA) is 38.5 Å². The summed E-state index contributed by atoms with van der Waals surface area (Å²) in [7, 11) is 3.78. The smallest absolute Gasteiger partial charge is 0.0637 e. The van der Waals surface area contributed by atoms with Gasteiger partial charge in [0.05, 0.1) is 6.61 Å². The van der Waals surface area contributed by atoms with Crippen molar-refractivity contribution in [3.8, 4) is 0 Å². The Balaban J connectivity index is 2.63. The SMILES string of the molecule is CC[C@H](N)c1ccc(N(C)CCOC)cc1. The Bertz CT molecular complexity index is 297. The minimum atomic E-state index is 0.151. The molecule has 0 aliphatic carbocycles. The second kappa shape index (κ2) is 6.51. The third-order valence-electron chi connectivity index (χ3n) is 2.83. The maximum atomic E-state index is 5.97. The minimum absolute atomic E-state index is 0.151. The molecule has 90 valence electrons. The average Bonchev–Trinajstić information content (AvgIpc) is 2.35. The van der Waals surface area contributed by atoms with Crippen LogP contribution in [0.3, 0.4) is 0 Å². The summed E-state index contributed by atoms with van der Waals surface area (Å²) in [5.41, 5.74) is 8.37. The Morgan fingerprint density at radius 2 is 1.94 bits per heavy atom. The summed E-state index contributed by atoms with van der Waals surface area (Å²) in [5.74, 6) is 0. The summed E-state index contributed by atoms with van der Waals surface area (Å²) in [4.78, 5) is 2.17. The minimum Gasteiger partial charge on any atom is -0.383 e. The zero-order valence-corrected chi connectivity index (χ0v) is 10.4. The van der Waals surface area contributed by atoms with Gasteiger partial charge in [0.2, 0.25) is 0 Å². The maximum absolute atomic E-state index is 5.97. The number of anilines is 1. The Kier molecular flexibility index (Phi) is 5.29. The molecule has 3 heteroatoms. The van der Waals surface area contributed by atoms with Gasteiger partial charge in [-0.1, -0.05) is 19.1 Å². The van der Waals surface area contributed by atoms with Gasteiger partial charge in [-0.2, -0.15) is 0 Å². The van der Waals surface area contributed by atoms with Gasteiger partial charge in [0, 0.05) is 32.4 Å². The summed E-state index contributed by atoms with van der Waals surface area (Å²) in [6, 6.07) is 8.58. The van der Waals surface area contributed by atoms with Crippen molar-refractivity contribution in [3.63, 3.8) is 0 Å². The van der Waals surface area contributed by atoms with Crippen LogP contribution >= 0.6 is 0 Å². The van der Waals surface area contributed by atoms with Crippen molar-refractivity contribution < 1.29 is 4.74 Å². The van der Waals surface area contributed by atoms with Crippen LogP contribution in [0, 0.1) is 0 Å². The number of likely N-dealkylation sites (N-methyl/N-ethyl adjacent to an activating group) is 1. The molecule has 1 aromatic carbocycles. The second-order valence-corrected chi connectivity index (χ2v) is 4.02. The molecule has 0 amide bonds. The van der Waals surface area contributed by atoms with E-state index < -0.39 is 0 Å². The molecule has 1 rings (SSSR count). The highest BCUT2D eigenvalue weighted by Crippen LogP contribution is 2.18. The molecule has 0 aromatic heterocycles. The quantitative estimate of drug-likeness (QED) is 0.801. The standard InChI is InChI=1S/C13H22N2O/c1-4-13(14)11-5-7-12(8-6-11)15(2)9-10-16-3/h5-8,13H,4,9-10,14H2,1-3H3/t13-/m0/s1. The van der Waals surface area contributed by atoms with Gasteiger partial charge in [0.25, 0.3) is 0 Å². The summed E-state index contributed by atoms with van der Waals surface area (Å²) in [6.07, 6.45) is 0.971. The summed E-state index contributed by atoms with van der Waals surface area (Å²) in [5, 5.41) is 0. The first-order valence-electron chi connectivity index (χ1n) is 5.74. The van der Waals surface area contributed by atoms with Gasteiger partial charge < -0.3 is 15.4 Å². The Morgan fingerprint density at radius 3 is 2.44 bits per heavy atom. The van der Waals surface area contributed by atoms with Crippen LogP contribution in [0.5, 0.6) is 0 Å². The molecule has 16 heavy (non-hydrogen) atoms. The largest absolute Gasteiger partial charge is 0.383 e. The van der Waals surface area contributed by atoms with Crippen LogP contribution in [0.1, 0.15) is 24.9 Å². The summed E-state index contributed by atoms with van der Waals surface area (Å²) < 4.78 is 5.05. The van der Waals surface area contributed by atoms with Crippen molar-refractivity contribution in [3.05, 3.63) is 29.8 Å². The van der Waals surface area contributed by atoms with E-state index in [4.69, 9.17) is 10.5 Å². The Labute approximate surface area is 98.2 Å². The molecule has 0 spiro atoms. The van der Waals surface area contributed by atoms with Gasteiger partial charge >= 0.3 is 0 Å². The molecule has 0 unspecified atom stereocenters. The molecular weight excluding hydrogens is 200 g/mol. The molecule has 3 nitrogen and oxygen atoms in total. The van der Waals surface area contributed by atoms with Gasteiger partial charge in [-0.05, 0) is 24.1 Å². The molecule has 1 atom stereocenters. The lowest BCUT2D eigenvalue weighted by atomic mass is 10.1. The molecule has 2 N–H and O–H groups in total. The van der Waals surface area contributed by atoms with Gasteiger partial charge in [0.15, 0.2) is 0 Å². The van der Waals surface area contributed by atoms with Crippen molar-refractivity contribution in [2.45, 2.75) is 19.4 Å². The van der Waals surface area contributed by atoms with Crippen LogP contribution in [0.2, 0.25) is 0 Å². The molecule has 0 fully saturated rings. The molecule has 1 aromatic rings. The van der Waals surface area contributed by atoms with Crippen LogP contribution < -0.4 is 10.6 Å². The maximum Gasteiger partial charge on any atom is 0.0637 e. The van der Waals surface area contributed by atoms with Crippen molar-refractivity contribution in [2.24, 2.45) is 5.73 Å². The fraction of sp³-hybridized carbons (Fsp3) is 0.538. The van der Waals surface area contributed by atoms with E-state index in [0.29, 0.717) is 0 Å². The Morgan fingerprint density at radius 1 is 1.31 bits per heavy atom. The van der Waals surface area contributed by atoms with E-state index in [-0.39, 0.29) is 6.04 Å². The van der Waals surface area contributed by atoms with Gasteiger partial charge in [0.1, 0.15) is 0 Å². The zero-order chi connectivity index (χ0) is 12.0. The first kappa shape index (κ1) is 13.0. The highest BCUT2D eigenvalue weighted by molar-refractivity contribution is 5.47. The van der Waals surface area contributed by atoms with Crippen molar-refractivity contribution in [1.29, 1.82) is 0 Å². The molecule has 0 aliphatic heterocycles. The van der Waals surface area contributed by atoms with Gasteiger partial charge in [-0.3, -0.25) is 0 Å². The van der Waals surface area contributed by atoms with E-state index in [2.05, 4.69) is 43.1 Å². The number of hydrogen-bond donors (Lipinski definition) is 1. The molecular formula is C13H22N2O. The predicted molar refractivity (Wildman–Crippen MR) is 68.8 cm³/mol. The first-order valence-corrected chi connectivity index (χ1v) is 5.74. The number of methoxy groups -OCH3 is 1. The fourth-order valence-electron chi connectivity index (χ4n) is 1.57. The van der Waals surface area contributed by atoms with Gasteiger partial charge in [-0.25, -0.2) is 0 Å². The van der Waals surface area contributed by atoms with E-state index in [1.165, 1.54) is 11.3 Å². The van der Waals surface area contributed by atoms with Crippen LogP contribution in [0.25, 0.3) is 0 Å². The number of rotatable bonds is 6. The predicted octanol–water partition coefficient (Wildman–Crippen LogP) is 2.18. The fourth-order valence-corrected chi connectivity index (χ4v) is 1.57. The number of hydrogen-bond acceptors (Lipinski definition) is 3. The number of ether oxygens (including phenoxy) is 1. The summed E-state index contributed by atoms with van der Waals surface area (Å²) >= 11 is 0. The molecule has 0 heterocycles. The van der Waals surface area contributed by atoms with E-state index >= 15 is 0 Å². The van der Waals surface area contributed by atoms with Crippen LogP contribution in [-0.2, 0) is 4.74 Å². The molecule has 0 saturated heterocycles. The normalized spacial score (nSPS) is 12.5. The van der Waals surface area contributed by atoms with Crippen LogP contribution in [0.4, 0.5) is 5.69 Å². The third-order valence-corrected chi connectivity index (χ3v) is 2.83. The van der Waals surface area contributed by atoms with Crippen molar-refractivity contribution in [1.82, 2.24) is 0 Å². The zero-order valence-electron chi connectivity index (χ0n) is 10.4. The lowest BCUT2D eigenvalue weighted by molar-refractivity contribution is 0.206. The third kappa shape index (κ3) is 3.51. The van der Waals surface area contributed by atoms with Crippen LogP contribution in [-0.4, -0.2) is 27.3 Å². The lowest BCUT2D eigenvalue weighted by Gasteiger charge is -2.19. The monoisotopic (exact) mass is 222 g/mol. The number of benzene rings is 1. The highest BCUT2D eigenvalue weighted by Gasteiger charge is 2.04. The van der Waals surface area contributed by atoms with Crippen LogP contribution in [0.15, 0.2) is 24.3 Å². The van der Waals surface area contributed by atoms with Crippen molar-refractivity contribution >= 4 is 5.69 Å². The number of nitrogens with two attached hydrogens (primary N) is 1. The molecule has 0 radical (unpaired) electrons. The van der Waals surface area contributed by atoms with Gasteiger partial charge in [-0.15, -0.1) is 0 Å².